The minimum atomic E-state index is -0.449. The quantitative estimate of drug-likeness (QED) is 0.396. The van der Waals surface area contributed by atoms with Gasteiger partial charge in [0.1, 0.15) is 5.75 Å². The highest BCUT2D eigenvalue weighted by molar-refractivity contribution is 7.15. The van der Waals surface area contributed by atoms with Crippen molar-refractivity contribution < 1.29 is 4.74 Å². The average molecular weight is 434 g/mol. The maximum atomic E-state index is 13.0. The van der Waals surface area contributed by atoms with E-state index < -0.39 is 5.56 Å². The van der Waals surface area contributed by atoms with E-state index >= 15 is 0 Å². The minimum Gasteiger partial charge on any atom is -0.493 e. The summed E-state index contributed by atoms with van der Waals surface area (Å²) < 4.78 is 7.60. The Hall–Kier alpha value is -3.32. The molecule has 158 valence electrons. The van der Waals surface area contributed by atoms with E-state index in [0.29, 0.717) is 16.7 Å². The molecule has 0 radical (unpaired) electrons. The fourth-order valence-electron chi connectivity index (χ4n) is 3.27. The molecular formula is C24H23N3O3S. The molecule has 4 rings (SSSR count). The van der Waals surface area contributed by atoms with E-state index in [1.807, 2.05) is 42.5 Å². The minimum absolute atomic E-state index is 0.162. The Bertz CT molecular complexity index is 1350. The van der Waals surface area contributed by atoms with Crippen LogP contribution in [0.5, 0.6) is 5.75 Å². The fraction of sp³-hybridized carbons (Fsp3) is 0.250. The van der Waals surface area contributed by atoms with Crippen LogP contribution in [0.15, 0.2) is 64.2 Å². The number of fused-ring (bicyclic) bond motifs is 1. The zero-order valence-corrected chi connectivity index (χ0v) is 18.1. The second kappa shape index (κ2) is 9.66. The number of aromatic nitrogens is 3. The Morgan fingerprint density at radius 1 is 1.00 bits per heavy atom. The molecule has 0 atom stereocenters. The van der Waals surface area contributed by atoms with Crippen LogP contribution in [0.1, 0.15) is 38.2 Å². The van der Waals surface area contributed by atoms with Gasteiger partial charge in [-0.3, -0.25) is 9.59 Å². The molecule has 0 aliphatic carbocycles. The first-order chi connectivity index (χ1) is 15.2. The molecule has 0 saturated carbocycles. The molecule has 31 heavy (non-hydrogen) atoms. The smallest absolute Gasteiger partial charge is 0.300 e. The lowest BCUT2D eigenvalue weighted by Crippen LogP contribution is -2.26. The third-order valence-electron chi connectivity index (χ3n) is 4.89. The van der Waals surface area contributed by atoms with Gasteiger partial charge in [-0.1, -0.05) is 86.1 Å². The predicted octanol–water partition coefficient (Wildman–Crippen LogP) is 3.69. The van der Waals surface area contributed by atoms with Crippen LogP contribution in [0.3, 0.4) is 0 Å². The number of benzene rings is 2. The lowest BCUT2D eigenvalue weighted by Gasteiger charge is -2.08. The molecule has 0 aliphatic rings. The van der Waals surface area contributed by atoms with Crippen LogP contribution in [0.2, 0.25) is 0 Å². The Morgan fingerprint density at radius 3 is 2.58 bits per heavy atom. The summed E-state index contributed by atoms with van der Waals surface area (Å²) in [6.07, 6.45) is 6.29. The SMILES string of the molecule is CCCCCCOc1ccccc1/C=c1\sc2nc(=O)c(-c3ccccc3)nn2c1=O. The molecule has 0 N–H and O–H groups in total. The van der Waals surface area contributed by atoms with E-state index in [-0.39, 0.29) is 16.2 Å². The number of rotatable bonds is 8. The van der Waals surface area contributed by atoms with Crippen LogP contribution in [0, 0.1) is 0 Å². The van der Waals surface area contributed by atoms with Crippen molar-refractivity contribution in [2.75, 3.05) is 6.61 Å². The Labute approximate surface area is 183 Å². The number of hydrogen-bond donors (Lipinski definition) is 0. The molecule has 2 aromatic carbocycles. The van der Waals surface area contributed by atoms with Crippen molar-refractivity contribution in [3.05, 3.63) is 85.4 Å². The fourth-order valence-corrected chi connectivity index (χ4v) is 4.16. The predicted molar refractivity (Wildman–Crippen MR) is 124 cm³/mol. The number of thiazole rings is 1. The molecule has 2 aromatic heterocycles. The normalized spacial score (nSPS) is 11.8. The van der Waals surface area contributed by atoms with Gasteiger partial charge in [0.05, 0.1) is 11.1 Å². The summed E-state index contributed by atoms with van der Waals surface area (Å²) in [5.41, 5.74) is 0.854. The summed E-state index contributed by atoms with van der Waals surface area (Å²) in [6, 6.07) is 16.7. The van der Waals surface area contributed by atoms with Gasteiger partial charge in [-0.25, -0.2) is 0 Å². The van der Waals surface area contributed by atoms with Gasteiger partial charge in [0, 0.05) is 11.1 Å². The largest absolute Gasteiger partial charge is 0.493 e. The molecule has 0 spiro atoms. The number of ether oxygens (including phenoxy) is 1. The summed E-state index contributed by atoms with van der Waals surface area (Å²) in [5.74, 6) is 0.733. The van der Waals surface area contributed by atoms with Crippen LogP contribution in [0.4, 0.5) is 0 Å². The van der Waals surface area contributed by atoms with E-state index in [1.165, 1.54) is 17.4 Å². The van der Waals surface area contributed by atoms with Gasteiger partial charge in [0.15, 0.2) is 5.69 Å². The number of para-hydroxylation sites is 1. The van der Waals surface area contributed by atoms with Gasteiger partial charge in [0.2, 0.25) is 4.96 Å². The van der Waals surface area contributed by atoms with Crippen LogP contribution in [-0.4, -0.2) is 21.2 Å². The molecule has 6 nitrogen and oxygen atoms in total. The van der Waals surface area contributed by atoms with Crippen molar-refractivity contribution in [2.45, 2.75) is 32.6 Å². The van der Waals surface area contributed by atoms with Crippen molar-refractivity contribution in [3.63, 3.8) is 0 Å². The monoisotopic (exact) mass is 433 g/mol. The van der Waals surface area contributed by atoms with E-state index in [2.05, 4.69) is 17.0 Å². The van der Waals surface area contributed by atoms with Crippen molar-refractivity contribution in [1.29, 1.82) is 0 Å². The first-order valence-corrected chi connectivity index (χ1v) is 11.2. The third kappa shape index (κ3) is 4.72. The average Bonchev–Trinajstić information content (AvgIpc) is 3.09. The maximum absolute atomic E-state index is 13.0. The Balaban J connectivity index is 1.70. The summed E-state index contributed by atoms with van der Waals surface area (Å²) in [6.45, 7) is 2.82. The van der Waals surface area contributed by atoms with Gasteiger partial charge >= 0.3 is 5.56 Å². The van der Waals surface area contributed by atoms with Crippen molar-refractivity contribution in [2.24, 2.45) is 0 Å². The van der Waals surface area contributed by atoms with Crippen molar-refractivity contribution in [1.82, 2.24) is 14.6 Å². The molecule has 0 bridgehead atoms. The highest BCUT2D eigenvalue weighted by Gasteiger charge is 2.13. The van der Waals surface area contributed by atoms with E-state index in [9.17, 15) is 9.59 Å². The summed E-state index contributed by atoms with van der Waals surface area (Å²) in [5, 5.41) is 4.30. The zero-order valence-electron chi connectivity index (χ0n) is 17.3. The van der Waals surface area contributed by atoms with E-state index in [0.717, 1.165) is 35.5 Å². The van der Waals surface area contributed by atoms with Crippen LogP contribution < -0.4 is 20.4 Å². The number of nitrogens with zero attached hydrogens (tertiary/aromatic N) is 3. The highest BCUT2D eigenvalue weighted by Crippen LogP contribution is 2.19. The second-order valence-corrected chi connectivity index (χ2v) is 8.20. The van der Waals surface area contributed by atoms with Gasteiger partial charge in [-0.15, -0.1) is 0 Å². The topological polar surface area (TPSA) is 73.6 Å². The summed E-state index contributed by atoms with van der Waals surface area (Å²) in [7, 11) is 0. The van der Waals surface area contributed by atoms with Crippen LogP contribution in [-0.2, 0) is 0 Å². The standard InChI is InChI=1S/C24H23N3O3S/c1-2-3-4-10-15-30-19-14-9-8-13-18(19)16-20-23(29)27-24(31-20)25-22(28)21(26-27)17-11-6-5-7-12-17/h5-9,11-14,16H,2-4,10,15H2,1H3/b20-16-. The molecule has 4 aromatic rings. The van der Waals surface area contributed by atoms with Crippen LogP contribution in [0.25, 0.3) is 22.3 Å². The first-order valence-electron chi connectivity index (χ1n) is 10.4. The maximum Gasteiger partial charge on any atom is 0.300 e. The molecule has 2 heterocycles. The molecule has 7 heteroatoms. The van der Waals surface area contributed by atoms with Crippen molar-refractivity contribution in [3.8, 4) is 17.0 Å². The van der Waals surface area contributed by atoms with Gasteiger partial charge in [-0.2, -0.15) is 14.6 Å². The molecule has 0 amide bonds. The lowest BCUT2D eigenvalue weighted by atomic mass is 10.2. The summed E-state index contributed by atoms with van der Waals surface area (Å²) in [4.78, 5) is 29.8. The number of unbranched alkanes of at least 4 members (excludes halogenated alkanes) is 3. The third-order valence-corrected chi connectivity index (χ3v) is 5.85. The molecule has 0 fully saturated rings. The molecular weight excluding hydrogens is 410 g/mol. The van der Waals surface area contributed by atoms with Gasteiger partial charge in [-0.05, 0) is 18.6 Å². The highest BCUT2D eigenvalue weighted by atomic mass is 32.1. The van der Waals surface area contributed by atoms with Gasteiger partial charge in [0.25, 0.3) is 5.56 Å². The molecule has 0 unspecified atom stereocenters. The van der Waals surface area contributed by atoms with Crippen LogP contribution >= 0.6 is 11.3 Å². The molecule has 0 saturated heterocycles. The van der Waals surface area contributed by atoms with E-state index in [1.54, 1.807) is 18.2 Å². The summed E-state index contributed by atoms with van der Waals surface area (Å²) >= 11 is 1.15. The Kier molecular flexibility index (Phi) is 6.52. The van der Waals surface area contributed by atoms with Crippen molar-refractivity contribution >= 4 is 22.4 Å². The van der Waals surface area contributed by atoms with E-state index in [4.69, 9.17) is 4.74 Å². The first kappa shape index (κ1) is 20.9. The lowest BCUT2D eigenvalue weighted by molar-refractivity contribution is 0.304. The molecule has 0 aliphatic heterocycles. The number of hydrogen-bond acceptors (Lipinski definition) is 6. The Morgan fingerprint density at radius 2 is 1.77 bits per heavy atom. The second-order valence-electron chi connectivity index (χ2n) is 7.19. The van der Waals surface area contributed by atoms with Gasteiger partial charge < -0.3 is 4.74 Å². The zero-order chi connectivity index (χ0) is 21.6.